The molecule has 4 heteroatoms. The molecule has 0 aliphatic carbocycles. The lowest BCUT2D eigenvalue weighted by atomic mass is 10.0. The first-order valence-electron chi connectivity index (χ1n) is 6.41. The molecule has 0 aliphatic rings. The van der Waals surface area contributed by atoms with Crippen LogP contribution in [0.3, 0.4) is 0 Å². The van der Waals surface area contributed by atoms with Crippen molar-refractivity contribution < 1.29 is 8.81 Å². The highest BCUT2D eigenvalue weighted by Crippen LogP contribution is 2.24. The lowest BCUT2D eigenvalue weighted by molar-refractivity contribution is 0.410. The van der Waals surface area contributed by atoms with E-state index in [-0.39, 0.29) is 11.9 Å². The van der Waals surface area contributed by atoms with Crippen LogP contribution in [0.5, 0.6) is 0 Å². The number of furan rings is 1. The Morgan fingerprint density at radius 2 is 2.21 bits per heavy atom. The zero-order valence-corrected chi connectivity index (χ0v) is 11.6. The number of benzene rings is 1. The summed E-state index contributed by atoms with van der Waals surface area (Å²) in [4.78, 5) is 0. The maximum absolute atomic E-state index is 13.0. The lowest BCUT2D eigenvalue weighted by Crippen LogP contribution is -2.23. The maximum Gasteiger partial charge on any atom is 0.124 e. The molecule has 0 saturated carbocycles. The van der Waals surface area contributed by atoms with Gasteiger partial charge in [0.25, 0.3) is 0 Å². The zero-order chi connectivity index (χ0) is 13.7. The quantitative estimate of drug-likeness (QED) is 0.851. The fourth-order valence-electron chi connectivity index (χ4n) is 1.99. The minimum absolute atomic E-state index is 0.0536. The van der Waals surface area contributed by atoms with Gasteiger partial charge in [-0.15, -0.1) is 0 Å². The Labute approximate surface area is 117 Å². The predicted molar refractivity (Wildman–Crippen MR) is 74.9 cm³/mol. The molecule has 0 bridgehead atoms. The van der Waals surface area contributed by atoms with Crippen molar-refractivity contribution in [1.82, 2.24) is 5.32 Å². The van der Waals surface area contributed by atoms with Gasteiger partial charge in [-0.05, 0) is 49.2 Å². The Hall–Kier alpha value is -1.32. The van der Waals surface area contributed by atoms with Gasteiger partial charge >= 0.3 is 0 Å². The predicted octanol–water partition coefficient (Wildman–Crippen LogP) is 4.36. The molecule has 2 aromatic rings. The van der Waals surface area contributed by atoms with E-state index < -0.39 is 0 Å². The standard InChI is InChI=1S/C15H17ClFNO/c1-2-7-18-14(15-4-3-8-19-15)9-11-5-6-12(17)10-13(11)16/h3-6,8,10,14,18H,2,7,9H2,1H3. The van der Waals surface area contributed by atoms with Crippen molar-refractivity contribution in [2.75, 3.05) is 6.54 Å². The number of hydrogen-bond acceptors (Lipinski definition) is 2. The summed E-state index contributed by atoms with van der Waals surface area (Å²) in [7, 11) is 0. The molecule has 19 heavy (non-hydrogen) atoms. The molecule has 0 amide bonds. The SMILES string of the molecule is CCCNC(Cc1ccc(F)cc1Cl)c1ccco1. The molecular formula is C15H17ClFNO. The van der Waals surface area contributed by atoms with E-state index in [4.69, 9.17) is 16.0 Å². The molecule has 0 fully saturated rings. The second-order valence-electron chi connectivity index (χ2n) is 4.46. The summed E-state index contributed by atoms with van der Waals surface area (Å²) in [5, 5.41) is 3.87. The summed E-state index contributed by atoms with van der Waals surface area (Å²) < 4.78 is 18.5. The third-order valence-electron chi connectivity index (χ3n) is 2.97. The fraction of sp³-hybridized carbons (Fsp3) is 0.333. The van der Waals surface area contributed by atoms with Crippen molar-refractivity contribution in [3.8, 4) is 0 Å². The highest BCUT2D eigenvalue weighted by Gasteiger charge is 2.16. The average molecular weight is 282 g/mol. The summed E-state index contributed by atoms with van der Waals surface area (Å²) in [6.07, 6.45) is 3.36. The molecule has 2 nitrogen and oxygen atoms in total. The second-order valence-corrected chi connectivity index (χ2v) is 4.87. The van der Waals surface area contributed by atoms with E-state index in [2.05, 4.69) is 12.2 Å². The first-order chi connectivity index (χ1) is 9.20. The van der Waals surface area contributed by atoms with E-state index in [1.807, 2.05) is 12.1 Å². The van der Waals surface area contributed by atoms with Gasteiger partial charge in [0.2, 0.25) is 0 Å². The normalized spacial score (nSPS) is 12.6. The van der Waals surface area contributed by atoms with Crippen LogP contribution >= 0.6 is 11.6 Å². The number of nitrogens with one attached hydrogen (secondary N) is 1. The van der Waals surface area contributed by atoms with Crippen LogP contribution in [0.4, 0.5) is 4.39 Å². The van der Waals surface area contributed by atoms with Gasteiger partial charge in [0.15, 0.2) is 0 Å². The van der Waals surface area contributed by atoms with Crippen LogP contribution in [0.2, 0.25) is 5.02 Å². The van der Waals surface area contributed by atoms with Crippen molar-refractivity contribution >= 4 is 11.6 Å². The molecule has 1 atom stereocenters. The highest BCUT2D eigenvalue weighted by molar-refractivity contribution is 6.31. The van der Waals surface area contributed by atoms with Crippen molar-refractivity contribution in [1.29, 1.82) is 0 Å². The molecular weight excluding hydrogens is 265 g/mol. The molecule has 0 spiro atoms. The van der Waals surface area contributed by atoms with E-state index in [0.717, 1.165) is 24.3 Å². The molecule has 1 aromatic heterocycles. The van der Waals surface area contributed by atoms with Gasteiger partial charge in [-0.25, -0.2) is 4.39 Å². The maximum atomic E-state index is 13.0. The molecule has 1 heterocycles. The van der Waals surface area contributed by atoms with Crippen LogP contribution in [-0.4, -0.2) is 6.54 Å². The van der Waals surface area contributed by atoms with E-state index in [1.54, 1.807) is 12.3 Å². The molecule has 2 rings (SSSR count). The Morgan fingerprint density at radius 1 is 1.37 bits per heavy atom. The van der Waals surface area contributed by atoms with Crippen LogP contribution in [0, 0.1) is 5.82 Å². The third kappa shape index (κ3) is 3.82. The molecule has 1 aromatic carbocycles. The van der Waals surface area contributed by atoms with Crippen molar-refractivity contribution in [3.05, 3.63) is 58.8 Å². The van der Waals surface area contributed by atoms with Gasteiger partial charge in [0.05, 0.1) is 12.3 Å². The number of rotatable bonds is 6. The molecule has 0 saturated heterocycles. The van der Waals surface area contributed by atoms with Gasteiger partial charge < -0.3 is 9.73 Å². The topological polar surface area (TPSA) is 25.2 Å². The fourth-order valence-corrected chi connectivity index (χ4v) is 2.23. The Kier molecular flexibility index (Phi) is 5.00. The zero-order valence-electron chi connectivity index (χ0n) is 10.8. The lowest BCUT2D eigenvalue weighted by Gasteiger charge is -2.17. The minimum atomic E-state index is -0.315. The summed E-state index contributed by atoms with van der Waals surface area (Å²) in [6.45, 7) is 3.00. The van der Waals surface area contributed by atoms with Crippen molar-refractivity contribution in [2.24, 2.45) is 0 Å². The smallest absolute Gasteiger partial charge is 0.124 e. The Balaban J connectivity index is 2.15. The van der Waals surface area contributed by atoms with E-state index in [1.165, 1.54) is 12.1 Å². The van der Waals surface area contributed by atoms with Gasteiger partial charge in [-0.1, -0.05) is 24.6 Å². The molecule has 0 radical (unpaired) electrons. The monoisotopic (exact) mass is 281 g/mol. The van der Waals surface area contributed by atoms with Crippen LogP contribution in [0.15, 0.2) is 41.0 Å². The van der Waals surface area contributed by atoms with Crippen LogP contribution in [0.25, 0.3) is 0 Å². The van der Waals surface area contributed by atoms with Crippen LogP contribution in [-0.2, 0) is 6.42 Å². The van der Waals surface area contributed by atoms with Gasteiger partial charge in [0, 0.05) is 5.02 Å². The largest absolute Gasteiger partial charge is 0.468 e. The summed E-state index contributed by atoms with van der Waals surface area (Å²) >= 11 is 6.07. The van der Waals surface area contributed by atoms with Gasteiger partial charge in [-0.3, -0.25) is 0 Å². The molecule has 1 unspecified atom stereocenters. The average Bonchev–Trinajstić information content (AvgIpc) is 2.90. The molecule has 1 N–H and O–H groups in total. The van der Waals surface area contributed by atoms with Crippen molar-refractivity contribution in [2.45, 2.75) is 25.8 Å². The van der Waals surface area contributed by atoms with Crippen LogP contribution < -0.4 is 5.32 Å². The van der Waals surface area contributed by atoms with E-state index >= 15 is 0 Å². The summed E-state index contributed by atoms with van der Waals surface area (Å²) in [5.41, 5.74) is 0.910. The van der Waals surface area contributed by atoms with Gasteiger partial charge in [0.1, 0.15) is 11.6 Å². The van der Waals surface area contributed by atoms with E-state index in [0.29, 0.717) is 11.4 Å². The van der Waals surface area contributed by atoms with Gasteiger partial charge in [-0.2, -0.15) is 0 Å². The summed E-state index contributed by atoms with van der Waals surface area (Å²) in [5.74, 6) is 0.554. The number of hydrogen-bond donors (Lipinski definition) is 1. The minimum Gasteiger partial charge on any atom is -0.468 e. The van der Waals surface area contributed by atoms with Crippen LogP contribution in [0.1, 0.15) is 30.7 Å². The number of halogens is 2. The highest BCUT2D eigenvalue weighted by atomic mass is 35.5. The first-order valence-corrected chi connectivity index (χ1v) is 6.79. The van der Waals surface area contributed by atoms with Crippen molar-refractivity contribution in [3.63, 3.8) is 0 Å². The van der Waals surface area contributed by atoms with E-state index in [9.17, 15) is 4.39 Å². The first kappa shape index (κ1) is 14.1. The molecule has 102 valence electrons. The Bertz CT molecular complexity index is 513. The second kappa shape index (κ2) is 6.73. The summed E-state index contributed by atoms with van der Waals surface area (Å²) in [6, 6.07) is 8.35. The molecule has 0 aliphatic heterocycles. The third-order valence-corrected chi connectivity index (χ3v) is 3.32. The Morgan fingerprint density at radius 3 is 2.84 bits per heavy atom.